The van der Waals surface area contributed by atoms with Crippen molar-refractivity contribution in [3.63, 3.8) is 0 Å². The van der Waals surface area contributed by atoms with Crippen molar-refractivity contribution in [2.45, 2.75) is 38.0 Å². The van der Waals surface area contributed by atoms with Crippen molar-refractivity contribution in [3.8, 4) is 0 Å². The van der Waals surface area contributed by atoms with Crippen LogP contribution in [0.15, 0.2) is 48.5 Å². The van der Waals surface area contributed by atoms with E-state index >= 15 is 0 Å². The van der Waals surface area contributed by atoms with Crippen LogP contribution in [-0.4, -0.2) is 29.9 Å². The molecule has 3 rings (SSSR count). The van der Waals surface area contributed by atoms with E-state index in [2.05, 4.69) is 10.2 Å². The normalized spacial score (nSPS) is 16.1. The summed E-state index contributed by atoms with van der Waals surface area (Å²) in [5.41, 5.74) is 0.885. The second-order valence-corrected chi connectivity index (χ2v) is 7.12. The van der Waals surface area contributed by atoms with E-state index in [0.717, 1.165) is 50.2 Å². The number of carbonyl (C=O) groups excluding carboxylic acids is 1. The van der Waals surface area contributed by atoms with Crippen LogP contribution in [0.1, 0.15) is 29.5 Å². The maximum atomic E-state index is 13.0. The summed E-state index contributed by atoms with van der Waals surface area (Å²) in [6.45, 7) is 2.39. The lowest BCUT2D eigenvalue weighted by Crippen LogP contribution is -2.44. The summed E-state index contributed by atoms with van der Waals surface area (Å²) in [5.74, 6) is -0.435. The summed E-state index contributed by atoms with van der Waals surface area (Å²) in [4.78, 5) is 14.4. The summed E-state index contributed by atoms with van der Waals surface area (Å²) in [5, 5.41) is 2.97. The molecular weight excluding hydrogens is 372 g/mol. The van der Waals surface area contributed by atoms with Crippen LogP contribution in [0.4, 0.5) is 17.6 Å². The average molecular weight is 394 g/mol. The number of rotatable bonds is 5. The first-order valence-corrected chi connectivity index (χ1v) is 9.22. The van der Waals surface area contributed by atoms with Crippen LogP contribution in [0.5, 0.6) is 0 Å². The van der Waals surface area contributed by atoms with Crippen LogP contribution in [0.3, 0.4) is 0 Å². The molecule has 1 aliphatic rings. The summed E-state index contributed by atoms with van der Waals surface area (Å²) >= 11 is 0. The van der Waals surface area contributed by atoms with Crippen molar-refractivity contribution < 1.29 is 22.4 Å². The molecule has 1 amide bonds. The minimum atomic E-state index is -4.37. The second-order valence-electron chi connectivity index (χ2n) is 7.12. The fourth-order valence-electron chi connectivity index (χ4n) is 3.36. The van der Waals surface area contributed by atoms with Gasteiger partial charge in [-0.3, -0.25) is 9.69 Å². The summed E-state index contributed by atoms with van der Waals surface area (Å²) in [6, 6.07) is 11.2. The van der Waals surface area contributed by atoms with Gasteiger partial charge >= 0.3 is 6.18 Å². The third-order valence-electron chi connectivity index (χ3n) is 4.92. The van der Waals surface area contributed by atoms with Crippen molar-refractivity contribution in [1.82, 2.24) is 10.2 Å². The zero-order valence-electron chi connectivity index (χ0n) is 15.3. The number of nitrogens with zero attached hydrogens (tertiary/aromatic N) is 1. The number of halogens is 4. The first kappa shape index (κ1) is 20.3. The molecule has 1 heterocycles. The Morgan fingerprint density at radius 3 is 2.11 bits per heavy atom. The Morgan fingerprint density at radius 2 is 1.54 bits per heavy atom. The monoisotopic (exact) mass is 394 g/mol. The van der Waals surface area contributed by atoms with Crippen LogP contribution >= 0.6 is 0 Å². The number of nitrogens with one attached hydrogen (secondary N) is 1. The number of carbonyl (C=O) groups is 1. The molecule has 3 nitrogen and oxygen atoms in total. The van der Waals surface area contributed by atoms with E-state index < -0.39 is 11.7 Å². The van der Waals surface area contributed by atoms with Crippen LogP contribution in [0.2, 0.25) is 0 Å². The Bertz CT molecular complexity index is 780. The smallest absolute Gasteiger partial charge is 0.353 e. The Kier molecular flexibility index (Phi) is 6.34. The van der Waals surface area contributed by atoms with E-state index in [1.807, 2.05) is 0 Å². The number of hydrogen-bond acceptors (Lipinski definition) is 2. The van der Waals surface area contributed by atoms with E-state index in [1.54, 1.807) is 12.1 Å². The highest BCUT2D eigenvalue weighted by Crippen LogP contribution is 2.29. The van der Waals surface area contributed by atoms with Gasteiger partial charge in [-0.2, -0.15) is 13.2 Å². The molecule has 0 unspecified atom stereocenters. The predicted molar refractivity (Wildman–Crippen MR) is 98.0 cm³/mol. The number of likely N-dealkylation sites (tertiary alicyclic amines) is 1. The van der Waals surface area contributed by atoms with E-state index in [1.165, 1.54) is 24.3 Å². The molecule has 1 saturated heterocycles. The van der Waals surface area contributed by atoms with Gasteiger partial charge in [-0.05, 0) is 48.2 Å². The first-order chi connectivity index (χ1) is 13.3. The maximum Gasteiger partial charge on any atom is 0.416 e. The third-order valence-corrected chi connectivity index (χ3v) is 4.92. The highest BCUT2D eigenvalue weighted by molar-refractivity contribution is 5.78. The molecule has 2 aromatic rings. The van der Waals surface area contributed by atoms with Crippen LogP contribution in [0.25, 0.3) is 0 Å². The van der Waals surface area contributed by atoms with Gasteiger partial charge in [0.15, 0.2) is 0 Å². The fourth-order valence-corrected chi connectivity index (χ4v) is 3.36. The number of piperidine rings is 1. The second kappa shape index (κ2) is 8.73. The molecule has 0 radical (unpaired) electrons. The van der Waals surface area contributed by atoms with Gasteiger partial charge in [0, 0.05) is 25.7 Å². The maximum absolute atomic E-state index is 13.0. The Balaban J connectivity index is 1.42. The van der Waals surface area contributed by atoms with Gasteiger partial charge < -0.3 is 5.32 Å². The standard InChI is InChI=1S/C21H22F4N2O/c22-18-7-3-16(4-8-18)14-27-11-9-19(10-12-27)26-20(28)13-15-1-5-17(6-2-15)21(23,24)25/h1-8,19H,9-14H2,(H,26,28). The van der Waals surface area contributed by atoms with Crippen LogP contribution in [0, 0.1) is 5.82 Å². The van der Waals surface area contributed by atoms with Crippen LogP contribution in [-0.2, 0) is 23.9 Å². The molecule has 1 aliphatic heterocycles. The molecule has 7 heteroatoms. The van der Waals surface area contributed by atoms with Crippen LogP contribution < -0.4 is 5.32 Å². The molecule has 0 aliphatic carbocycles. The molecule has 2 aromatic carbocycles. The SMILES string of the molecule is O=C(Cc1ccc(C(F)(F)F)cc1)NC1CCN(Cc2ccc(F)cc2)CC1. The van der Waals surface area contributed by atoms with E-state index in [9.17, 15) is 22.4 Å². The number of amides is 1. The zero-order valence-corrected chi connectivity index (χ0v) is 15.3. The van der Waals surface area contributed by atoms with Crippen molar-refractivity contribution in [1.29, 1.82) is 0 Å². The summed E-state index contributed by atoms with van der Waals surface area (Å²) in [7, 11) is 0. The molecule has 0 atom stereocenters. The average Bonchev–Trinajstić information content (AvgIpc) is 2.65. The molecule has 150 valence electrons. The Labute approximate surface area is 161 Å². The van der Waals surface area contributed by atoms with Gasteiger partial charge in [0.05, 0.1) is 12.0 Å². The molecule has 1 fully saturated rings. The summed E-state index contributed by atoms with van der Waals surface area (Å²) in [6.07, 6.45) is -2.70. The number of alkyl halides is 3. The minimum absolute atomic E-state index is 0.0615. The predicted octanol–water partition coefficient (Wildman–Crippen LogP) is 4.17. The Morgan fingerprint density at radius 1 is 0.964 bits per heavy atom. The molecule has 0 aromatic heterocycles. The van der Waals surface area contributed by atoms with Gasteiger partial charge in [-0.25, -0.2) is 4.39 Å². The molecule has 1 N–H and O–H groups in total. The highest BCUT2D eigenvalue weighted by Gasteiger charge is 2.30. The first-order valence-electron chi connectivity index (χ1n) is 9.22. The summed E-state index contributed by atoms with van der Waals surface area (Å²) < 4.78 is 50.7. The fraction of sp³-hybridized carbons (Fsp3) is 0.381. The van der Waals surface area contributed by atoms with Crippen molar-refractivity contribution in [2.24, 2.45) is 0 Å². The molecule has 0 bridgehead atoms. The number of benzene rings is 2. The lowest BCUT2D eigenvalue weighted by molar-refractivity contribution is -0.137. The minimum Gasteiger partial charge on any atom is -0.353 e. The van der Waals surface area contributed by atoms with Gasteiger partial charge in [-0.15, -0.1) is 0 Å². The molecule has 28 heavy (non-hydrogen) atoms. The lowest BCUT2D eigenvalue weighted by atomic mass is 10.0. The topological polar surface area (TPSA) is 32.3 Å². The van der Waals surface area contributed by atoms with Gasteiger partial charge in [0.1, 0.15) is 5.82 Å². The lowest BCUT2D eigenvalue weighted by Gasteiger charge is -2.32. The molecule has 0 saturated carbocycles. The van der Waals surface area contributed by atoms with E-state index in [0.29, 0.717) is 5.56 Å². The van der Waals surface area contributed by atoms with E-state index in [4.69, 9.17) is 0 Å². The van der Waals surface area contributed by atoms with Gasteiger partial charge in [-0.1, -0.05) is 24.3 Å². The molecular formula is C21H22F4N2O. The highest BCUT2D eigenvalue weighted by atomic mass is 19.4. The van der Waals surface area contributed by atoms with E-state index in [-0.39, 0.29) is 24.2 Å². The van der Waals surface area contributed by atoms with Gasteiger partial charge in [0.25, 0.3) is 0 Å². The largest absolute Gasteiger partial charge is 0.416 e. The quantitative estimate of drug-likeness (QED) is 0.772. The Hall–Kier alpha value is -2.41. The zero-order chi connectivity index (χ0) is 20.1. The third kappa shape index (κ3) is 5.79. The van der Waals surface area contributed by atoms with Crippen molar-refractivity contribution >= 4 is 5.91 Å². The van der Waals surface area contributed by atoms with Crippen molar-refractivity contribution in [2.75, 3.05) is 13.1 Å². The molecule has 0 spiro atoms. The van der Waals surface area contributed by atoms with Gasteiger partial charge in [0.2, 0.25) is 5.91 Å². The number of hydrogen-bond donors (Lipinski definition) is 1. The van der Waals surface area contributed by atoms with Crippen molar-refractivity contribution in [3.05, 3.63) is 71.0 Å².